The third kappa shape index (κ3) is 3.06. The Labute approximate surface area is 124 Å². The van der Waals surface area contributed by atoms with Gasteiger partial charge in [0.15, 0.2) is 0 Å². The van der Waals surface area contributed by atoms with Gasteiger partial charge in [-0.25, -0.2) is 0 Å². The van der Waals surface area contributed by atoms with Crippen LogP contribution in [0.25, 0.3) is 0 Å². The number of hydrogen-bond acceptors (Lipinski definition) is 3. The molecule has 1 aliphatic heterocycles. The van der Waals surface area contributed by atoms with Gasteiger partial charge in [-0.05, 0) is 65.5 Å². The van der Waals surface area contributed by atoms with E-state index in [9.17, 15) is 0 Å². The topological polar surface area (TPSA) is 21.7 Å². The maximum absolute atomic E-state index is 5.44. The second-order valence-corrected chi connectivity index (χ2v) is 6.17. The summed E-state index contributed by atoms with van der Waals surface area (Å²) in [6.07, 6.45) is 1.24. The fraction of sp³-hybridized carbons (Fsp3) is 0.600. The molecule has 19 heavy (non-hydrogen) atoms. The Morgan fingerprint density at radius 3 is 2.32 bits per heavy atom. The van der Waals surface area contributed by atoms with Crippen molar-refractivity contribution in [2.45, 2.75) is 19.3 Å². The molecule has 0 bridgehead atoms. The van der Waals surface area contributed by atoms with Crippen molar-refractivity contribution in [3.63, 3.8) is 0 Å². The van der Waals surface area contributed by atoms with Gasteiger partial charge >= 0.3 is 0 Å². The minimum atomic E-state index is 0.537. The maximum Gasteiger partial charge on any atom is 0.137 e. The Kier molecular flexibility index (Phi) is 4.74. The lowest BCUT2D eigenvalue weighted by Crippen LogP contribution is -2.35. The van der Waals surface area contributed by atoms with E-state index < -0.39 is 0 Å². The van der Waals surface area contributed by atoms with E-state index in [1.165, 1.54) is 18.5 Å². The Hall–Kier alpha value is -0.740. The van der Waals surface area contributed by atoms with Crippen molar-refractivity contribution in [1.29, 1.82) is 0 Å². The average molecular weight is 328 g/mol. The van der Waals surface area contributed by atoms with Gasteiger partial charge in [0.25, 0.3) is 0 Å². The van der Waals surface area contributed by atoms with Crippen LogP contribution < -0.4 is 9.47 Å². The fourth-order valence-electron chi connectivity index (χ4n) is 2.77. The van der Waals surface area contributed by atoms with Crippen LogP contribution in [0.3, 0.4) is 0 Å². The number of rotatable bonds is 3. The molecule has 1 saturated heterocycles. The number of nitrogens with zero attached hydrogens (tertiary/aromatic N) is 1. The highest BCUT2D eigenvalue weighted by Crippen LogP contribution is 2.40. The Morgan fingerprint density at radius 2 is 1.79 bits per heavy atom. The van der Waals surface area contributed by atoms with Gasteiger partial charge in [-0.1, -0.05) is 6.92 Å². The van der Waals surface area contributed by atoms with Crippen LogP contribution >= 0.6 is 15.9 Å². The number of methoxy groups -OCH3 is 2. The molecule has 1 aromatic rings. The predicted octanol–water partition coefficient (Wildman–Crippen LogP) is 3.52. The fourth-order valence-corrected chi connectivity index (χ4v) is 3.32. The molecule has 1 aromatic carbocycles. The van der Waals surface area contributed by atoms with E-state index in [0.29, 0.717) is 11.8 Å². The molecular weight excluding hydrogens is 306 g/mol. The summed E-state index contributed by atoms with van der Waals surface area (Å²) < 4.78 is 11.8. The van der Waals surface area contributed by atoms with E-state index in [0.717, 1.165) is 22.5 Å². The lowest BCUT2D eigenvalue weighted by Gasteiger charge is -2.35. The van der Waals surface area contributed by atoms with Crippen molar-refractivity contribution in [2.75, 3.05) is 34.4 Å². The van der Waals surface area contributed by atoms with Crippen molar-refractivity contribution in [1.82, 2.24) is 4.90 Å². The second kappa shape index (κ2) is 6.14. The number of hydrogen-bond donors (Lipinski definition) is 0. The van der Waals surface area contributed by atoms with Crippen molar-refractivity contribution < 1.29 is 9.47 Å². The van der Waals surface area contributed by atoms with Gasteiger partial charge in [0.05, 0.1) is 14.2 Å². The highest BCUT2D eigenvalue weighted by atomic mass is 79.9. The number of ether oxygens (including phenoxy) is 2. The van der Waals surface area contributed by atoms with E-state index >= 15 is 0 Å². The zero-order valence-electron chi connectivity index (χ0n) is 12.1. The van der Waals surface area contributed by atoms with Crippen molar-refractivity contribution >= 4 is 15.9 Å². The van der Waals surface area contributed by atoms with Gasteiger partial charge < -0.3 is 14.4 Å². The summed E-state index contributed by atoms with van der Waals surface area (Å²) >= 11 is 3.53. The maximum atomic E-state index is 5.44. The van der Waals surface area contributed by atoms with Gasteiger partial charge in [-0.15, -0.1) is 0 Å². The van der Waals surface area contributed by atoms with E-state index in [2.05, 4.69) is 46.9 Å². The lowest BCUT2D eigenvalue weighted by molar-refractivity contribution is 0.199. The van der Waals surface area contributed by atoms with Gasteiger partial charge in [0.1, 0.15) is 16.0 Å². The standard InChI is InChI=1S/C15H22BrNO2/c1-10-5-6-17(2)9-12(10)11-7-13(18-3)15(16)14(8-11)19-4/h7-8,10,12H,5-6,9H2,1-4H3. The van der Waals surface area contributed by atoms with Crippen LogP contribution in [-0.4, -0.2) is 39.3 Å². The summed E-state index contributed by atoms with van der Waals surface area (Å²) in [5, 5.41) is 0. The summed E-state index contributed by atoms with van der Waals surface area (Å²) in [5.74, 6) is 2.91. The van der Waals surface area contributed by atoms with Crippen LogP contribution in [0.2, 0.25) is 0 Å². The first-order valence-corrected chi connectivity index (χ1v) is 7.46. The Morgan fingerprint density at radius 1 is 1.21 bits per heavy atom. The average Bonchev–Trinajstić information content (AvgIpc) is 2.42. The summed E-state index contributed by atoms with van der Waals surface area (Å²) in [6, 6.07) is 4.26. The number of likely N-dealkylation sites (tertiary alicyclic amines) is 1. The van der Waals surface area contributed by atoms with E-state index in [1.807, 2.05) is 0 Å². The molecule has 1 aliphatic rings. The SMILES string of the molecule is COc1cc(C2CN(C)CCC2C)cc(OC)c1Br. The van der Waals surface area contributed by atoms with Crippen LogP contribution in [0.5, 0.6) is 11.5 Å². The molecule has 0 spiro atoms. The van der Waals surface area contributed by atoms with Crippen LogP contribution in [0.4, 0.5) is 0 Å². The number of likely N-dealkylation sites (N-methyl/N-ethyl adjacent to an activating group) is 1. The first-order valence-electron chi connectivity index (χ1n) is 6.66. The quantitative estimate of drug-likeness (QED) is 0.847. The minimum Gasteiger partial charge on any atom is -0.495 e. The van der Waals surface area contributed by atoms with Gasteiger partial charge in [0.2, 0.25) is 0 Å². The molecule has 0 N–H and O–H groups in total. The number of piperidine rings is 1. The second-order valence-electron chi connectivity index (χ2n) is 5.37. The van der Waals surface area contributed by atoms with Gasteiger partial charge in [-0.2, -0.15) is 0 Å². The van der Waals surface area contributed by atoms with Crippen molar-refractivity contribution in [2.24, 2.45) is 5.92 Å². The zero-order valence-corrected chi connectivity index (χ0v) is 13.7. The zero-order chi connectivity index (χ0) is 14.0. The summed E-state index contributed by atoms with van der Waals surface area (Å²) in [6.45, 7) is 4.61. The van der Waals surface area contributed by atoms with Crippen LogP contribution in [0, 0.1) is 5.92 Å². The normalized spacial score (nSPS) is 24.3. The first-order chi connectivity index (χ1) is 9.06. The molecule has 1 fully saturated rings. The van der Waals surface area contributed by atoms with Crippen LogP contribution in [0.15, 0.2) is 16.6 Å². The summed E-state index contributed by atoms with van der Waals surface area (Å²) in [5.41, 5.74) is 1.30. The van der Waals surface area contributed by atoms with Crippen molar-refractivity contribution in [3.8, 4) is 11.5 Å². The molecule has 3 nitrogen and oxygen atoms in total. The smallest absolute Gasteiger partial charge is 0.137 e. The summed E-state index contributed by atoms with van der Waals surface area (Å²) in [7, 11) is 5.58. The molecule has 0 amide bonds. The van der Waals surface area contributed by atoms with Crippen LogP contribution in [0.1, 0.15) is 24.8 Å². The highest BCUT2D eigenvalue weighted by Gasteiger charge is 2.27. The number of halogens is 1. The third-order valence-electron chi connectivity index (χ3n) is 4.06. The van der Waals surface area contributed by atoms with E-state index in [4.69, 9.17) is 9.47 Å². The van der Waals surface area contributed by atoms with E-state index in [1.54, 1.807) is 14.2 Å². The molecular formula is C15H22BrNO2. The third-order valence-corrected chi connectivity index (χ3v) is 4.84. The Balaban J connectivity index is 2.38. The highest BCUT2D eigenvalue weighted by molar-refractivity contribution is 9.10. The predicted molar refractivity (Wildman–Crippen MR) is 81.3 cm³/mol. The molecule has 0 aromatic heterocycles. The molecule has 0 aliphatic carbocycles. The largest absolute Gasteiger partial charge is 0.495 e. The van der Waals surface area contributed by atoms with Gasteiger partial charge in [0, 0.05) is 6.54 Å². The first kappa shape index (κ1) is 14.7. The number of benzene rings is 1. The van der Waals surface area contributed by atoms with Gasteiger partial charge in [-0.3, -0.25) is 0 Å². The molecule has 0 radical (unpaired) electrons. The van der Waals surface area contributed by atoms with Crippen molar-refractivity contribution in [3.05, 3.63) is 22.2 Å². The van der Waals surface area contributed by atoms with E-state index in [-0.39, 0.29) is 0 Å². The monoisotopic (exact) mass is 327 g/mol. The molecule has 0 saturated carbocycles. The molecule has 1 heterocycles. The summed E-state index contributed by atoms with van der Waals surface area (Å²) in [4.78, 5) is 2.39. The molecule has 4 heteroatoms. The molecule has 2 atom stereocenters. The Bertz CT molecular complexity index is 425. The lowest BCUT2D eigenvalue weighted by atomic mass is 9.82. The molecule has 2 unspecified atom stereocenters. The molecule has 106 valence electrons. The molecule has 2 rings (SSSR count). The minimum absolute atomic E-state index is 0.537. The van der Waals surface area contributed by atoms with Crippen LogP contribution in [-0.2, 0) is 0 Å².